The summed E-state index contributed by atoms with van der Waals surface area (Å²) in [6.07, 6.45) is 1.26. The van der Waals surface area contributed by atoms with Gasteiger partial charge in [0, 0.05) is 35.6 Å². The highest BCUT2D eigenvalue weighted by Gasteiger charge is 2.32. The second-order valence-corrected chi connectivity index (χ2v) is 7.96. The Balaban J connectivity index is 1.73. The smallest absolute Gasteiger partial charge is 0.379 e. The van der Waals surface area contributed by atoms with E-state index in [1.165, 1.54) is 12.4 Å². The Morgan fingerprint density at radius 3 is 2.58 bits per heavy atom. The van der Waals surface area contributed by atoms with Crippen molar-refractivity contribution in [3.63, 3.8) is 0 Å². The van der Waals surface area contributed by atoms with Crippen LogP contribution in [0, 0.1) is 5.92 Å². The molecular formula is C23H18F3N5O2. The first-order valence-corrected chi connectivity index (χ1v) is 10.3. The van der Waals surface area contributed by atoms with Gasteiger partial charge in [-0.2, -0.15) is 13.2 Å². The molecule has 0 saturated carbocycles. The summed E-state index contributed by atoms with van der Waals surface area (Å²) >= 11 is 0. The van der Waals surface area contributed by atoms with Gasteiger partial charge >= 0.3 is 6.18 Å². The van der Waals surface area contributed by atoms with E-state index in [9.17, 15) is 18.0 Å². The Kier molecular flexibility index (Phi) is 5.16. The summed E-state index contributed by atoms with van der Waals surface area (Å²) in [5, 5.41) is 0.306. The number of rotatable bonds is 3. The van der Waals surface area contributed by atoms with Crippen molar-refractivity contribution in [2.24, 2.45) is 5.92 Å². The molecule has 5 rings (SSSR count). The number of alkyl halides is 3. The van der Waals surface area contributed by atoms with E-state index in [4.69, 9.17) is 4.74 Å². The summed E-state index contributed by atoms with van der Waals surface area (Å²) in [5.74, 6) is 0.139. The molecule has 0 aliphatic carbocycles. The molecule has 1 aliphatic rings. The number of aromatic nitrogens is 5. The lowest BCUT2D eigenvalue weighted by Gasteiger charge is -2.17. The molecule has 0 radical (unpaired) electrons. The molecule has 33 heavy (non-hydrogen) atoms. The van der Waals surface area contributed by atoms with Gasteiger partial charge in [-0.3, -0.25) is 19.3 Å². The van der Waals surface area contributed by atoms with E-state index in [1.54, 1.807) is 35.2 Å². The van der Waals surface area contributed by atoms with Crippen LogP contribution in [0.4, 0.5) is 13.2 Å². The molecule has 4 aromatic rings. The third-order valence-corrected chi connectivity index (χ3v) is 5.74. The Morgan fingerprint density at radius 1 is 1.09 bits per heavy atom. The number of halogens is 3. The van der Waals surface area contributed by atoms with Crippen LogP contribution in [-0.4, -0.2) is 37.7 Å². The van der Waals surface area contributed by atoms with Crippen molar-refractivity contribution in [3.05, 3.63) is 71.3 Å². The van der Waals surface area contributed by atoms with Gasteiger partial charge in [-0.05, 0) is 30.3 Å². The van der Waals surface area contributed by atoms with Crippen LogP contribution in [0.5, 0.6) is 0 Å². The molecule has 7 nitrogen and oxygen atoms in total. The van der Waals surface area contributed by atoms with E-state index in [-0.39, 0.29) is 17.5 Å². The number of pyridine rings is 3. The van der Waals surface area contributed by atoms with E-state index in [1.807, 2.05) is 6.92 Å². The van der Waals surface area contributed by atoms with Crippen molar-refractivity contribution in [1.82, 2.24) is 24.5 Å². The van der Waals surface area contributed by atoms with Gasteiger partial charge in [0.2, 0.25) is 0 Å². The zero-order valence-corrected chi connectivity index (χ0v) is 17.5. The zero-order valence-electron chi connectivity index (χ0n) is 17.5. The van der Waals surface area contributed by atoms with Crippen LogP contribution >= 0.6 is 0 Å². The van der Waals surface area contributed by atoms with Crippen LogP contribution in [-0.2, 0) is 10.9 Å². The summed E-state index contributed by atoms with van der Waals surface area (Å²) in [7, 11) is 0. The van der Waals surface area contributed by atoms with Gasteiger partial charge in [0.15, 0.2) is 0 Å². The second kappa shape index (κ2) is 8.04. The van der Waals surface area contributed by atoms with Crippen LogP contribution in [0.3, 0.4) is 0 Å². The van der Waals surface area contributed by atoms with Crippen molar-refractivity contribution < 1.29 is 17.9 Å². The van der Waals surface area contributed by atoms with Crippen molar-refractivity contribution in [2.75, 3.05) is 13.2 Å². The lowest BCUT2D eigenvalue weighted by atomic mass is 10.0. The first-order valence-electron chi connectivity index (χ1n) is 10.3. The number of hydrogen-bond acceptors (Lipinski definition) is 6. The third-order valence-electron chi connectivity index (χ3n) is 5.74. The van der Waals surface area contributed by atoms with Gasteiger partial charge < -0.3 is 4.74 Å². The number of ether oxygens (including phenoxy) is 1. The summed E-state index contributed by atoms with van der Waals surface area (Å²) in [6, 6.07) is 7.09. The predicted molar refractivity (Wildman–Crippen MR) is 114 cm³/mol. The highest BCUT2D eigenvalue weighted by atomic mass is 19.4. The van der Waals surface area contributed by atoms with Gasteiger partial charge in [0.1, 0.15) is 11.2 Å². The summed E-state index contributed by atoms with van der Waals surface area (Å²) in [5.41, 5.74) is 0.827. The average molecular weight is 453 g/mol. The molecule has 1 saturated heterocycles. The molecule has 0 spiro atoms. The molecule has 0 bridgehead atoms. The SMILES string of the molecule is C[C@@H]1COC[C@H]1n1cnc2c(-c3cccnc3)nc(-c3ccc(C(F)(F)F)nc3)cc2c1=O. The first kappa shape index (κ1) is 21.2. The fraction of sp³-hybridized carbons (Fsp3) is 0.261. The monoisotopic (exact) mass is 453 g/mol. The van der Waals surface area contributed by atoms with Gasteiger partial charge in [-0.15, -0.1) is 0 Å². The fourth-order valence-corrected chi connectivity index (χ4v) is 3.95. The predicted octanol–water partition coefficient (Wildman–Crippen LogP) is 4.14. The molecule has 1 aliphatic heterocycles. The molecule has 0 amide bonds. The van der Waals surface area contributed by atoms with Crippen molar-refractivity contribution in [1.29, 1.82) is 0 Å². The van der Waals surface area contributed by atoms with Crippen LogP contribution < -0.4 is 5.56 Å². The van der Waals surface area contributed by atoms with Gasteiger partial charge in [-0.25, -0.2) is 9.97 Å². The van der Waals surface area contributed by atoms with Crippen LogP contribution in [0.25, 0.3) is 33.4 Å². The van der Waals surface area contributed by atoms with Crippen LogP contribution in [0.2, 0.25) is 0 Å². The summed E-state index contributed by atoms with van der Waals surface area (Å²) < 4.78 is 45.9. The van der Waals surface area contributed by atoms with Gasteiger partial charge in [0.05, 0.1) is 42.4 Å². The molecule has 5 heterocycles. The van der Waals surface area contributed by atoms with E-state index in [2.05, 4.69) is 19.9 Å². The van der Waals surface area contributed by atoms with Gasteiger partial charge in [-0.1, -0.05) is 6.92 Å². The standard InChI is InChI=1S/C23H18F3N5O2/c1-13-10-33-11-18(13)31-12-29-21-16(22(31)32)7-17(30-20(21)15-3-2-6-27-8-15)14-4-5-19(28-9-14)23(24,25)26/h2-9,12-13,18H,10-11H2,1H3/t13-,18-/m1/s1. The molecule has 2 atom stereocenters. The molecular weight excluding hydrogens is 435 g/mol. The maximum atomic E-state index is 13.5. The second-order valence-electron chi connectivity index (χ2n) is 7.96. The molecule has 10 heteroatoms. The first-order chi connectivity index (χ1) is 15.8. The molecule has 0 N–H and O–H groups in total. The average Bonchev–Trinajstić information content (AvgIpc) is 3.24. The lowest BCUT2D eigenvalue weighted by Crippen LogP contribution is -2.28. The quantitative estimate of drug-likeness (QED) is 0.464. The van der Waals surface area contributed by atoms with E-state index < -0.39 is 11.9 Å². The minimum atomic E-state index is -4.55. The molecule has 1 fully saturated rings. The third kappa shape index (κ3) is 3.86. The molecule has 168 valence electrons. The minimum Gasteiger partial charge on any atom is -0.379 e. The van der Waals surface area contributed by atoms with Crippen molar-refractivity contribution in [2.45, 2.75) is 19.1 Å². The van der Waals surface area contributed by atoms with Crippen molar-refractivity contribution >= 4 is 10.9 Å². The maximum absolute atomic E-state index is 13.5. The lowest BCUT2D eigenvalue weighted by molar-refractivity contribution is -0.141. The van der Waals surface area contributed by atoms with E-state index in [0.717, 1.165) is 12.3 Å². The highest BCUT2D eigenvalue weighted by molar-refractivity contribution is 5.93. The summed E-state index contributed by atoms with van der Waals surface area (Å²) in [6.45, 7) is 2.96. The Labute approximate surface area is 185 Å². The number of nitrogens with zero attached hydrogens (tertiary/aromatic N) is 5. The van der Waals surface area contributed by atoms with Crippen LogP contribution in [0.1, 0.15) is 18.7 Å². The van der Waals surface area contributed by atoms with Gasteiger partial charge in [0.25, 0.3) is 5.56 Å². The maximum Gasteiger partial charge on any atom is 0.433 e. The summed E-state index contributed by atoms with van der Waals surface area (Å²) in [4.78, 5) is 30.3. The molecule has 4 aromatic heterocycles. The minimum absolute atomic E-state index is 0.139. The zero-order chi connectivity index (χ0) is 23.2. The normalized spacial score (nSPS) is 18.7. The topological polar surface area (TPSA) is 82.8 Å². The number of hydrogen-bond donors (Lipinski definition) is 0. The largest absolute Gasteiger partial charge is 0.433 e. The van der Waals surface area contributed by atoms with Crippen molar-refractivity contribution in [3.8, 4) is 22.5 Å². The highest BCUT2D eigenvalue weighted by Crippen LogP contribution is 2.32. The number of fused-ring (bicyclic) bond motifs is 1. The Morgan fingerprint density at radius 2 is 1.94 bits per heavy atom. The Bertz CT molecular complexity index is 1370. The van der Waals surface area contributed by atoms with E-state index >= 15 is 0 Å². The van der Waals surface area contributed by atoms with E-state index in [0.29, 0.717) is 46.6 Å². The van der Waals surface area contributed by atoms with Crippen LogP contribution in [0.15, 0.2) is 60.0 Å². The molecule has 0 unspecified atom stereocenters. The Hall–Kier alpha value is -3.66. The molecule has 0 aromatic carbocycles. The fourth-order valence-electron chi connectivity index (χ4n) is 3.95.